The van der Waals surface area contributed by atoms with Gasteiger partial charge in [0.05, 0.1) is 0 Å². The maximum absolute atomic E-state index is 2.52. The maximum atomic E-state index is 2.52. The minimum Gasteiger partial charge on any atom is -0.0649 e. The third-order valence-corrected chi connectivity index (χ3v) is 34.5. The summed E-state index contributed by atoms with van der Waals surface area (Å²) in [5.41, 5.74) is 4.07. The van der Waals surface area contributed by atoms with Gasteiger partial charge in [-0.3, -0.25) is 0 Å². The smallest absolute Gasteiger partial charge is 0.0292 e. The fourth-order valence-corrected chi connectivity index (χ4v) is 28.3. The molecule has 22 aliphatic carbocycles. The molecule has 7 unspecified atom stereocenters. The van der Waals surface area contributed by atoms with Gasteiger partial charge in [0.15, 0.2) is 0 Å². The van der Waals surface area contributed by atoms with Gasteiger partial charge in [0.2, 0.25) is 0 Å². The Bertz CT molecular complexity index is 2070. The Hall–Kier alpha value is 0. The van der Waals surface area contributed by atoms with Gasteiger partial charge in [-0.25, -0.2) is 0 Å². The first kappa shape index (κ1) is 73.7. The fraction of sp³-hybridized carbons (Fsp3) is 1.00. The van der Waals surface area contributed by atoms with Crippen molar-refractivity contribution >= 4 is 0 Å². The predicted molar refractivity (Wildman–Crippen MR) is 399 cm³/mol. The summed E-state index contributed by atoms with van der Waals surface area (Å²) in [7, 11) is 0. The molecular weight excluding hydrogens is 1090 g/mol. The van der Waals surface area contributed by atoms with Crippen LogP contribution in [-0.4, -0.2) is 0 Å². The van der Waals surface area contributed by atoms with Crippen LogP contribution in [0, 0.1) is 175 Å². The zero-order valence-electron chi connectivity index (χ0n) is 65.3. The first-order chi connectivity index (χ1) is 43.0. The van der Waals surface area contributed by atoms with E-state index in [1.165, 1.54) is 180 Å². The van der Waals surface area contributed by atoms with E-state index in [0.717, 1.165) is 153 Å². The molecule has 22 fully saturated rings. The molecule has 14 atom stereocenters. The molecular formula is C91H164. The van der Waals surface area contributed by atoms with Crippen molar-refractivity contribution in [3.63, 3.8) is 0 Å². The first-order valence-electron chi connectivity index (χ1n) is 43.0. The average molecular weight is 1260 g/mol. The fourth-order valence-electron chi connectivity index (χ4n) is 28.3. The Kier molecular flexibility index (Phi) is 25.3. The standard InChI is InChI=1S/C15H28.C13H24.C12H20.2C11H20.2C10H18.C9H16/c1-11-6-7-13-12(8-11)9-14(2,3)10-15(13,4)5;1-10-4-5-12-9-13(2,3)7-6-11(12)8-10;1-2-12-6-9-3-10(7-12)5-11(4-9)8-12;1-8-9-4-6-10(7-5-9)11(8,2)3;1-9-6-7-10-4-2-3-5-11(10)8-9;1-8-7-9-3-5-10(8,2)6-4-9;1-7-8(2)10-5-3-9(7)4-6-10;1-7-6-8-2-4-9(7)5-3-8/h11-13H,6-10H2,1-5H3;10-12H,4-9H2,1-3H3;9-11H,2-8H2,1H3;8-10H,4-7H2,1-3H3;9-11H,2-8H2,1H3;8-9H,3-7H2,1-2H3;7-10H,3-6H2,1-2H3;7-9H,2-6H2,1H3/t11-,12?,13?;10-,11?,12?;;8-,9?,10?;9-,10?,11?;8-,9?,10?;7-,8?,9?,10?;7-,8?,9?/m00.10000/s1. The molecule has 0 N–H and O–H groups in total. The van der Waals surface area contributed by atoms with E-state index >= 15 is 0 Å². The van der Waals surface area contributed by atoms with Crippen LogP contribution in [0.2, 0.25) is 0 Å². The quantitative estimate of drug-likeness (QED) is 0.245. The molecule has 12 bridgehead atoms. The summed E-state index contributed by atoms with van der Waals surface area (Å²) in [5, 5.41) is 0. The van der Waals surface area contributed by atoms with E-state index in [2.05, 4.69) is 125 Å². The Labute approximate surface area is 572 Å². The number of hydrogen-bond acceptors (Lipinski definition) is 0. The van der Waals surface area contributed by atoms with E-state index in [9.17, 15) is 0 Å². The van der Waals surface area contributed by atoms with Gasteiger partial charge >= 0.3 is 0 Å². The number of fused-ring (bicyclic) bond motifs is 15. The van der Waals surface area contributed by atoms with Crippen LogP contribution in [0.1, 0.15) is 401 Å². The zero-order valence-corrected chi connectivity index (χ0v) is 65.3. The van der Waals surface area contributed by atoms with Crippen molar-refractivity contribution in [1.29, 1.82) is 0 Å². The highest BCUT2D eigenvalue weighted by atomic mass is 14.6. The molecule has 0 aromatic carbocycles. The van der Waals surface area contributed by atoms with Gasteiger partial charge in [-0.2, -0.15) is 0 Å². The van der Waals surface area contributed by atoms with Crippen molar-refractivity contribution < 1.29 is 0 Å². The summed E-state index contributed by atoms with van der Waals surface area (Å²) in [6.45, 7) is 44.4. The molecule has 0 aromatic heterocycles. The average Bonchev–Trinajstić information content (AvgIpc) is 0.828. The highest BCUT2D eigenvalue weighted by Gasteiger charge is 2.51. The van der Waals surface area contributed by atoms with E-state index < -0.39 is 0 Å². The van der Waals surface area contributed by atoms with Crippen LogP contribution in [0.4, 0.5) is 0 Å². The zero-order chi connectivity index (χ0) is 65.3. The van der Waals surface area contributed by atoms with Gasteiger partial charge in [0, 0.05) is 0 Å². The van der Waals surface area contributed by atoms with E-state index in [1.54, 1.807) is 96.3 Å². The lowest BCUT2D eigenvalue weighted by Gasteiger charge is -2.56. The molecule has 91 heavy (non-hydrogen) atoms. The van der Waals surface area contributed by atoms with Crippen LogP contribution in [0.3, 0.4) is 0 Å². The summed E-state index contributed by atoms with van der Waals surface area (Å²) >= 11 is 0. The largest absolute Gasteiger partial charge is 0.0649 e. The second kappa shape index (κ2) is 31.3. The van der Waals surface area contributed by atoms with Crippen LogP contribution < -0.4 is 0 Å². The van der Waals surface area contributed by atoms with Crippen LogP contribution >= 0.6 is 0 Å². The van der Waals surface area contributed by atoms with Gasteiger partial charge in [-0.1, -0.05) is 189 Å². The topological polar surface area (TPSA) is 0 Å². The number of rotatable bonds is 1. The van der Waals surface area contributed by atoms with Crippen molar-refractivity contribution in [2.75, 3.05) is 0 Å². The lowest BCUT2D eigenvalue weighted by atomic mass is 9.49. The van der Waals surface area contributed by atoms with E-state index in [4.69, 9.17) is 0 Å². The van der Waals surface area contributed by atoms with Crippen molar-refractivity contribution in [3.8, 4) is 0 Å². The first-order valence-corrected chi connectivity index (χ1v) is 43.0. The summed E-state index contributed by atoms with van der Waals surface area (Å²) in [4.78, 5) is 0. The maximum Gasteiger partial charge on any atom is -0.0292 e. The summed E-state index contributed by atoms with van der Waals surface area (Å²) in [6.07, 6.45) is 65.8. The normalized spacial score (nSPS) is 48.7. The Balaban J connectivity index is 0.000000115. The van der Waals surface area contributed by atoms with Gasteiger partial charge in [-0.05, 0) is 386 Å². The molecule has 22 aliphatic rings. The summed E-state index contributed by atoms with van der Waals surface area (Å²) in [6, 6.07) is 0. The SMILES string of the molecule is CC1C2CCC(CC2)[C@H]1C.CCC12CC3CC(CC(C3)C1)C2.C[C@@H]1C2CCC(CC2)C1(C)C.C[C@H]1CC2CCC1(C)CC2.C[C@H]1CC2CCC1CC2.C[C@H]1CCC2C(C1)CC(C)(C)CC2(C)C.C[C@H]1CCC2CC(C)(C)CCC2C1.C[C@H]1CCC2CCCCC2C1. The van der Waals surface area contributed by atoms with E-state index in [0.29, 0.717) is 21.7 Å². The molecule has 22 saturated carbocycles. The van der Waals surface area contributed by atoms with Gasteiger partial charge in [0.25, 0.3) is 0 Å². The molecule has 0 aliphatic heterocycles. The molecule has 0 nitrogen and oxygen atoms in total. The minimum absolute atomic E-state index is 0.585. The third-order valence-electron chi connectivity index (χ3n) is 34.5. The lowest BCUT2D eigenvalue weighted by molar-refractivity contribution is -0.0545. The molecule has 0 amide bonds. The van der Waals surface area contributed by atoms with E-state index in [1.807, 2.05) is 0 Å². The molecule has 0 saturated heterocycles. The van der Waals surface area contributed by atoms with Crippen molar-refractivity contribution in [1.82, 2.24) is 0 Å². The van der Waals surface area contributed by atoms with E-state index in [-0.39, 0.29) is 0 Å². The third kappa shape index (κ3) is 18.9. The summed E-state index contributed by atoms with van der Waals surface area (Å²) < 4.78 is 0. The van der Waals surface area contributed by atoms with Crippen molar-refractivity contribution in [2.45, 2.75) is 401 Å². The molecule has 0 spiro atoms. The predicted octanol–water partition coefficient (Wildman–Crippen LogP) is 29.0. The molecule has 528 valence electrons. The number of hydrogen-bond donors (Lipinski definition) is 0. The Morgan fingerprint density at radius 1 is 0.319 bits per heavy atom. The van der Waals surface area contributed by atoms with Gasteiger partial charge in [-0.15, -0.1) is 0 Å². The van der Waals surface area contributed by atoms with Crippen LogP contribution in [-0.2, 0) is 0 Å². The van der Waals surface area contributed by atoms with Crippen LogP contribution in [0.15, 0.2) is 0 Å². The molecule has 0 heterocycles. The van der Waals surface area contributed by atoms with Crippen molar-refractivity contribution in [2.24, 2.45) is 175 Å². The van der Waals surface area contributed by atoms with Gasteiger partial charge < -0.3 is 0 Å². The van der Waals surface area contributed by atoms with Crippen molar-refractivity contribution in [3.05, 3.63) is 0 Å². The molecule has 0 heteroatoms. The Morgan fingerprint density at radius 2 is 0.769 bits per heavy atom. The Morgan fingerprint density at radius 3 is 1.20 bits per heavy atom. The van der Waals surface area contributed by atoms with Gasteiger partial charge in [0.1, 0.15) is 0 Å². The minimum atomic E-state index is 0.585. The monoisotopic (exact) mass is 1260 g/mol. The second-order valence-electron chi connectivity index (χ2n) is 43.0. The molecule has 22 rings (SSSR count). The highest BCUT2D eigenvalue weighted by Crippen LogP contribution is 2.62. The molecule has 0 aromatic rings. The lowest BCUT2D eigenvalue weighted by Crippen LogP contribution is -2.45. The van der Waals surface area contributed by atoms with Crippen LogP contribution in [0.25, 0.3) is 0 Å². The second-order valence-corrected chi connectivity index (χ2v) is 43.0. The highest BCUT2D eigenvalue weighted by molar-refractivity contribution is 5.02. The summed E-state index contributed by atoms with van der Waals surface area (Å²) in [5.74, 6) is 25.8. The van der Waals surface area contributed by atoms with Crippen LogP contribution in [0.5, 0.6) is 0 Å². The molecule has 0 radical (unpaired) electrons.